The molecular formula is C7H13N3O2S. The lowest BCUT2D eigenvalue weighted by Gasteiger charge is -2.04. The summed E-state index contributed by atoms with van der Waals surface area (Å²) in [6.07, 6.45) is 1.13. The van der Waals surface area contributed by atoms with Crippen LogP contribution in [0.1, 0.15) is 25.6 Å². The summed E-state index contributed by atoms with van der Waals surface area (Å²) in [5.41, 5.74) is 0. The van der Waals surface area contributed by atoms with Crippen LogP contribution in [0.2, 0.25) is 0 Å². The quantitative estimate of drug-likeness (QED) is 0.695. The van der Waals surface area contributed by atoms with Crippen LogP contribution < -0.4 is 0 Å². The van der Waals surface area contributed by atoms with Gasteiger partial charge in [0.15, 0.2) is 0 Å². The average molecular weight is 203 g/mol. The van der Waals surface area contributed by atoms with Gasteiger partial charge in [0.05, 0.1) is 0 Å². The highest BCUT2D eigenvalue weighted by Gasteiger charge is 2.18. The first-order chi connectivity index (χ1) is 5.84. The molecule has 1 heterocycles. The molecule has 1 aromatic heterocycles. The first kappa shape index (κ1) is 10.2. The number of nitrogens with zero attached hydrogens (tertiary/aromatic N) is 3. The van der Waals surface area contributed by atoms with E-state index in [1.54, 1.807) is 7.05 Å². The summed E-state index contributed by atoms with van der Waals surface area (Å²) in [6, 6.07) is 0. The van der Waals surface area contributed by atoms with Crippen molar-refractivity contribution in [2.45, 2.75) is 24.9 Å². The Kier molecular flexibility index (Phi) is 2.42. The third kappa shape index (κ3) is 1.88. The highest BCUT2D eigenvalue weighted by atomic mass is 32.2. The Morgan fingerprint density at radius 2 is 1.85 bits per heavy atom. The van der Waals surface area contributed by atoms with Crippen molar-refractivity contribution in [3.63, 3.8) is 0 Å². The summed E-state index contributed by atoms with van der Waals surface area (Å²) in [4.78, 5) is 0. The molecule has 0 atom stereocenters. The summed E-state index contributed by atoms with van der Waals surface area (Å²) >= 11 is 0. The number of rotatable bonds is 2. The fraction of sp³-hybridized carbons (Fsp3) is 0.714. The molecule has 0 aliphatic carbocycles. The second-order valence-corrected chi connectivity index (χ2v) is 5.24. The standard InChI is InChI=1S/C7H13N3O2S/c1-5(2)6-8-9-7(10(6)3)13(4,11)12/h5H,1-4H3. The van der Waals surface area contributed by atoms with E-state index in [0.29, 0.717) is 5.82 Å². The van der Waals surface area contributed by atoms with E-state index in [-0.39, 0.29) is 11.1 Å². The summed E-state index contributed by atoms with van der Waals surface area (Å²) in [5.74, 6) is 0.855. The molecule has 0 N–H and O–H groups in total. The fourth-order valence-corrected chi connectivity index (χ4v) is 1.93. The first-order valence-corrected chi connectivity index (χ1v) is 5.82. The largest absolute Gasteiger partial charge is 0.305 e. The monoisotopic (exact) mass is 203 g/mol. The van der Waals surface area contributed by atoms with Crippen molar-refractivity contribution in [3.8, 4) is 0 Å². The van der Waals surface area contributed by atoms with Gasteiger partial charge in [0.25, 0.3) is 0 Å². The summed E-state index contributed by atoms with van der Waals surface area (Å²) in [7, 11) is -1.60. The SMILES string of the molecule is CC(C)c1nnc(S(C)(=O)=O)n1C. The van der Waals surface area contributed by atoms with Crippen LogP contribution >= 0.6 is 0 Å². The van der Waals surface area contributed by atoms with Crippen molar-refractivity contribution in [1.82, 2.24) is 14.8 Å². The van der Waals surface area contributed by atoms with Gasteiger partial charge >= 0.3 is 0 Å². The zero-order chi connectivity index (χ0) is 10.2. The van der Waals surface area contributed by atoms with Crippen molar-refractivity contribution in [2.75, 3.05) is 6.26 Å². The third-order valence-corrected chi connectivity index (χ3v) is 2.74. The molecule has 1 aromatic rings. The van der Waals surface area contributed by atoms with Gasteiger partial charge in [0, 0.05) is 19.2 Å². The van der Waals surface area contributed by atoms with Gasteiger partial charge in [0.2, 0.25) is 15.0 Å². The van der Waals surface area contributed by atoms with Crippen molar-refractivity contribution >= 4 is 9.84 Å². The summed E-state index contributed by atoms with van der Waals surface area (Å²) < 4.78 is 23.8. The topological polar surface area (TPSA) is 64.8 Å². The zero-order valence-corrected chi connectivity index (χ0v) is 8.96. The molecule has 0 bridgehead atoms. The molecule has 0 saturated carbocycles. The highest BCUT2D eigenvalue weighted by Crippen LogP contribution is 2.13. The highest BCUT2D eigenvalue weighted by molar-refractivity contribution is 7.90. The molecule has 1 rings (SSSR count). The number of sulfone groups is 1. The van der Waals surface area contributed by atoms with Crippen LogP contribution in [0.3, 0.4) is 0 Å². The molecule has 0 amide bonds. The van der Waals surface area contributed by atoms with E-state index < -0.39 is 9.84 Å². The van der Waals surface area contributed by atoms with Crippen LogP contribution in [0.4, 0.5) is 0 Å². The van der Waals surface area contributed by atoms with Crippen LogP contribution in [-0.4, -0.2) is 29.4 Å². The Morgan fingerprint density at radius 1 is 1.31 bits per heavy atom. The molecule has 5 nitrogen and oxygen atoms in total. The van der Waals surface area contributed by atoms with E-state index >= 15 is 0 Å². The summed E-state index contributed by atoms with van der Waals surface area (Å²) in [6.45, 7) is 3.88. The Labute approximate surface area is 77.7 Å². The molecule has 0 fully saturated rings. The Hall–Kier alpha value is -0.910. The van der Waals surface area contributed by atoms with Gasteiger partial charge in [-0.15, -0.1) is 10.2 Å². The minimum atomic E-state index is -3.26. The normalized spacial score (nSPS) is 12.4. The minimum Gasteiger partial charge on any atom is -0.305 e. The predicted molar refractivity (Wildman–Crippen MR) is 48.2 cm³/mol. The van der Waals surface area contributed by atoms with Gasteiger partial charge in [-0.05, 0) is 0 Å². The smallest absolute Gasteiger partial charge is 0.249 e. The lowest BCUT2D eigenvalue weighted by atomic mass is 10.2. The predicted octanol–water partition coefficient (Wildman–Crippen LogP) is 0.342. The van der Waals surface area contributed by atoms with Crippen molar-refractivity contribution in [2.24, 2.45) is 7.05 Å². The third-order valence-electron chi connectivity index (χ3n) is 1.72. The summed E-state index contributed by atoms with van der Waals surface area (Å²) in [5, 5.41) is 7.47. The van der Waals surface area contributed by atoms with Gasteiger partial charge < -0.3 is 4.57 Å². The molecule has 0 aliphatic heterocycles. The van der Waals surface area contributed by atoms with Gasteiger partial charge in [-0.3, -0.25) is 0 Å². The molecule has 0 radical (unpaired) electrons. The number of aromatic nitrogens is 3. The van der Waals surface area contributed by atoms with E-state index in [4.69, 9.17) is 0 Å². The molecule has 0 unspecified atom stereocenters. The average Bonchev–Trinajstić information content (AvgIpc) is 2.28. The van der Waals surface area contributed by atoms with Gasteiger partial charge in [-0.25, -0.2) is 8.42 Å². The Balaban J connectivity index is 3.30. The maximum atomic E-state index is 11.2. The lowest BCUT2D eigenvalue weighted by molar-refractivity contribution is 0.580. The molecule has 0 spiro atoms. The zero-order valence-electron chi connectivity index (χ0n) is 8.14. The van der Waals surface area contributed by atoms with Crippen molar-refractivity contribution in [1.29, 1.82) is 0 Å². The van der Waals surface area contributed by atoms with Crippen LogP contribution in [0.25, 0.3) is 0 Å². The Morgan fingerprint density at radius 3 is 2.08 bits per heavy atom. The maximum Gasteiger partial charge on any atom is 0.249 e. The minimum absolute atomic E-state index is 0.0243. The van der Waals surface area contributed by atoms with E-state index in [2.05, 4.69) is 10.2 Å². The van der Waals surface area contributed by atoms with Crippen LogP contribution in [-0.2, 0) is 16.9 Å². The molecule has 6 heteroatoms. The lowest BCUT2D eigenvalue weighted by Crippen LogP contribution is -2.08. The molecule has 0 saturated heterocycles. The number of hydrogen-bond acceptors (Lipinski definition) is 4. The molecular weight excluding hydrogens is 190 g/mol. The molecule has 13 heavy (non-hydrogen) atoms. The Bertz CT molecular complexity index is 405. The molecule has 74 valence electrons. The van der Waals surface area contributed by atoms with E-state index in [9.17, 15) is 8.42 Å². The van der Waals surface area contributed by atoms with Crippen LogP contribution in [0, 0.1) is 0 Å². The van der Waals surface area contributed by atoms with Gasteiger partial charge in [-0.1, -0.05) is 13.8 Å². The second-order valence-electron chi connectivity index (χ2n) is 3.33. The van der Waals surface area contributed by atoms with E-state index in [1.165, 1.54) is 4.57 Å². The van der Waals surface area contributed by atoms with E-state index in [0.717, 1.165) is 6.26 Å². The number of hydrogen-bond donors (Lipinski definition) is 0. The van der Waals surface area contributed by atoms with Crippen LogP contribution in [0.5, 0.6) is 0 Å². The van der Waals surface area contributed by atoms with Crippen molar-refractivity contribution < 1.29 is 8.42 Å². The molecule has 0 aliphatic rings. The second kappa shape index (κ2) is 3.10. The van der Waals surface area contributed by atoms with E-state index in [1.807, 2.05) is 13.8 Å². The van der Waals surface area contributed by atoms with Gasteiger partial charge in [0.1, 0.15) is 5.82 Å². The van der Waals surface area contributed by atoms with Gasteiger partial charge in [-0.2, -0.15) is 0 Å². The fourth-order valence-electron chi connectivity index (χ4n) is 1.15. The molecule has 0 aromatic carbocycles. The maximum absolute atomic E-state index is 11.2. The van der Waals surface area contributed by atoms with Crippen LogP contribution in [0.15, 0.2) is 5.16 Å². The van der Waals surface area contributed by atoms with Crippen molar-refractivity contribution in [3.05, 3.63) is 5.82 Å². The first-order valence-electron chi connectivity index (χ1n) is 3.93.